The largest absolute Gasteiger partial charge is 0.387 e. The molecule has 1 amide bonds. The Morgan fingerprint density at radius 3 is 2.91 bits per heavy atom. The second kappa shape index (κ2) is 7.77. The average Bonchev–Trinajstić information content (AvgIpc) is 3.18. The summed E-state index contributed by atoms with van der Waals surface area (Å²) >= 11 is 1.58. The molecule has 4 unspecified atom stereocenters. The second-order valence-electron chi connectivity index (χ2n) is 6.36. The molecule has 0 bridgehead atoms. The van der Waals surface area contributed by atoms with E-state index in [1.165, 1.54) is 0 Å². The molecule has 1 aliphatic heterocycles. The van der Waals surface area contributed by atoms with E-state index in [2.05, 4.69) is 0 Å². The number of nitrogens with zero attached hydrogens (tertiary/aromatic N) is 1. The van der Waals surface area contributed by atoms with Crippen LogP contribution in [0.5, 0.6) is 0 Å². The highest BCUT2D eigenvalue weighted by molar-refractivity contribution is 7.10. The summed E-state index contributed by atoms with van der Waals surface area (Å²) in [5.74, 6) is 0.378. The number of aliphatic hydroxyl groups excluding tert-OH is 1. The number of hydrogen-bond acceptors (Lipinski definition) is 4. The van der Waals surface area contributed by atoms with E-state index in [1.54, 1.807) is 11.3 Å². The first-order chi connectivity index (χ1) is 10.1. The Kier molecular flexibility index (Phi) is 6.26. The summed E-state index contributed by atoms with van der Waals surface area (Å²) in [5.41, 5.74) is 5.93. The molecule has 1 aromatic rings. The zero-order valence-corrected chi connectivity index (χ0v) is 14.3. The first-order valence-electron chi connectivity index (χ1n) is 7.92. The Labute approximate surface area is 142 Å². The Morgan fingerprint density at radius 2 is 2.27 bits per heavy atom. The van der Waals surface area contributed by atoms with E-state index in [4.69, 9.17) is 5.73 Å². The van der Waals surface area contributed by atoms with Gasteiger partial charge in [0.15, 0.2) is 0 Å². The fraction of sp³-hybridized carbons (Fsp3) is 0.688. The van der Waals surface area contributed by atoms with E-state index in [0.717, 1.165) is 43.5 Å². The molecule has 2 aliphatic rings. The number of rotatable bonds is 4. The number of halogens is 1. The van der Waals surface area contributed by atoms with Crippen molar-refractivity contribution in [3.05, 3.63) is 22.4 Å². The predicted molar refractivity (Wildman–Crippen MR) is 91.2 cm³/mol. The molecule has 22 heavy (non-hydrogen) atoms. The van der Waals surface area contributed by atoms with Crippen LogP contribution in [0.3, 0.4) is 0 Å². The van der Waals surface area contributed by atoms with E-state index in [0.29, 0.717) is 6.42 Å². The third-order valence-electron chi connectivity index (χ3n) is 4.85. The standard InChI is InChI=1S/C16H24N2O2S.ClH/c17-12-6-5-11(9-12)16(20)18-7-1-3-13(18)10-14(19)15-4-2-8-21-15;/h2,4,8,11-14,19H,1,3,5-7,9-10,17H2;1H. The third kappa shape index (κ3) is 3.82. The summed E-state index contributed by atoms with van der Waals surface area (Å²) in [6.07, 6.45) is 4.98. The van der Waals surface area contributed by atoms with Gasteiger partial charge in [-0.05, 0) is 50.0 Å². The van der Waals surface area contributed by atoms with Crippen LogP contribution in [0.1, 0.15) is 49.5 Å². The molecule has 0 aromatic carbocycles. The normalized spacial score (nSPS) is 29.4. The zero-order chi connectivity index (χ0) is 14.8. The van der Waals surface area contributed by atoms with Crippen molar-refractivity contribution in [2.75, 3.05) is 6.54 Å². The summed E-state index contributed by atoms with van der Waals surface area (Å²) < 4.78 is 0. The van der Waals surface area contributed by atoms with E-state index >= 15 is 0 Å². The lowest BCUT2D eigenvalue weighted by Crippen LogP contribution is -2.40. The zero-order valence-electron chi connectivity index (χ0n) is 12.7. The molecule has 1 saturated carbocycles. The third-order valence-corrected chi connectivity index (χ3v) is 5.82. The maximum atomic E-state index is 12.7. The SMILES string of the molecule is Cl.NC1CCC(C(=O)N2CCCC2CC(O)c2cccs2)C1. The van der Waals surface area contributed by atoms with Crippen molar-refractivity contribution < 1.29 is 9.90 Å². The highest BCUT2D eigenvalue weighted by atomic mass is 35.5. The van der Waals surface area contributed by atoms with Crippen molar-refractivity contribution in [1.82, 2.24) is 4.90 Å². The maximum absolute atomic E-state index is 12.7. The molecule has 2 fully saturated rings. The number of nitrogens with two attached hydrogens (primary N) is 1. The van der Waals surface area contributed by atoms with Gasteiger partial charge in [0.1, 0.15) is 0 Å². The molecule has 4 atom stereocenters. The minimum Gasteiger partial charge on any atom is -0.387 e. The van der Waals surface area contributed by atoms with Gasteiger partial charge in [-0.1, -0.05) is 6.07 Å². The molecule has 124 valence electrons. The van der Waals surface area contributed by atoms with Gasteiger partial charge in [0, 0.05) is 29.4 Å². The molecule has 2 heterocycles. The first-order valence-corrected chi connectivity index (χ1v) is 8.80. The van der Waals surface area contributed by atoms with Gasteiger partial charge in [-0.25, -0.2) is 0 Å². The molecular formula is C16H25ClN2O2S. The van der Waals surface area contributed by atoms with E-state index in [9.17, 15) is 9.90 Å². The summed E-state index contributed by atoms with van der Waals surface area (Å²) in [6.45, 7) is 0.840. The number of aliphatic hydroxyl groups is 1. The van der Waals surface area contributed by atoms with Crippen molar-refractivity contribution in [1.29, 1.82) is 0 Å². The maximum Gasteiger partial charge on any atom is 0.225 e. The van der Waals surface area contributed by atoms with Gasteiger partial charge >= 0.3 is 0 Å². The van der Waals surface area contributed by atoms with Crippen molar-refractivity contribution in [3.63, 3.8) is 0 Å². The Hall–Kier alpha value is -0.620. The lowest BCUT2D eigenvalue weighted by Gasteiger charge is -2.28. The lowest BCUT2D eigenvalue weighted by atomic mass is 10.0. The van der Waals surface area contributed by atoms with Gasteiger partial charge in [-0.15, -0.1) is 23.7 Å². The summed E-state index contributed by atoms with van der Waals surface area (Å²) in [4.78, 5) is 15.7. The Morgan fingerprint density at radius 1 is 1.45 bits per heavy atom. The van der Waals surface area contributed by atoms with Gasteiger partial charge in [0.25, 0.3) is 0 Å². The van der Waals surface area contributed by atoms with Crippen molar-refractivity contribution >= 4 is 29.7 Å². The van der Waals surface area contributed by atoms with Crippen molar-refractivity contribution in [2.45, 2.75) is 56.7 Å². The number of carbonyl (C=O) groups excluding carboxylic acids is 1. The quantitative estimate of drug-likeness (QED) is 0.882. The number of carbonyl (C=O) groups is 1. The molecule has 1 aliphatic carbocycles. The molecule has 1 aromatic heterocycles. The highest BCUT2D eigenvalue weighted by Crippen LogP contribution is 2.33. The Bertz CT molecular complexity index is 483. The van der Waals surface area contributed by atoms with Crippen LogP contribution in [-0.4, -0.2) is 34.5 Å². The van der Waals surface area contributed by atoms with Crippen LogP contribution < -0.4 is 5.73 Å². The smallest absolute Gasteiger partial charge is 0.225 e. The van der Waals surface area contributed by atoms with Gasteiger partial charge in [0.2, 0.25) is 5.91 Å². The molecule has 0 spiro atoms. The first kappa shape index (κ1) is 17.7. The predicted octanol–water partition coefficient (Wildman–Crippen LogP) is 2.71. The molecule has 3 rings (SSSR count). The van der Waals surface area contributed by atoms with Gasteiger partial charge < -0.3 is 15.7 Å². The van der Waals surface area contributed by atoms with Crippen LogP contribution in [0.2, 0.25) is 0 Å². The van der Waals surface area contributed by atoms with E-state index in [-0.39, 0.29) is 36.3 Å². The fourth-order valence-electron chi connectivity index (χ4n) is 3.70. The fourth-order valence-corrected chi connectivity index (χ4v) is 4.43. The minimum absolute atomic E-state index is 0. The van der Waals surface area contributed by atoms with Gasteiger partial charge in [-0.3, -0.25) is 4.79 Å². The van der Waals surface area contributed by atoms with Gasteiger partial charge in [0.05, 0.1) is 6.10 Å². The number of hydrogen-bond donors (Lipinski definition) is 2. The van der Waals surface area contributed by atoms with E-state index in [1.807, 2.05) is 22.4 Å². The summed E-state index contributed by atoms with van der Waals surface area (Å²) in [7, 11) is 0. The van der Waals surface area contributed by atoms with Crippen LogP contribution in [-0.2, 0) is 4.79 Å². The molecule has 0 radical (unpaired) electrons. The van der Waals surface area contributed by atoms with Crippen LogP contribution in [0.15, 0.2) is 17.5 Å². The van der Waals surface area contributed by atoms with Crippen LogP contribution in [0.4, 0.5) is 0 Å². The molecule has 1 saturated heterocycles. The topological polar surface area (TPSA) is 66.6 Å². The number of amides is 1. The molecular weight excluding hydrogens is 320 g/mol. The minimum atomic E-state index is -0.450. The second-order valence-corrected chi connectivity index (χ2v) is 7.34. The summed E-state index contributed by atoms with van der Waals surface area (Å²) in [5, 5.41) is 12.3. The van der Waals surface area contributed by atoms with Crippen molar-refractivity contribution in [2.24, 2.45) is 11.7 Å². The molecule has 3 N–H and O–H groups in total. The Balaban J connectivity index is 0.00000176. The average molecular weight is 345 g/mol. The van der Waals surface area contributed by atoms with Gasteiger partial charge in [-0.2, -0.15) is 0 Å². The summed E-state index contributed by atoms with van der Waals surface area (Å²) in [6, 6.07) is 4.30. The number of likely N-dealkylation sites (tertiary alicyclic amines) is 1. The van der Waals surface area contributed by atoms with Crippen LogP contribution >= 0.6 is 23.7 Å². The molecule has 6 heteroatoms. The van der Waals surface area contributed by atoms with E-state index < -0.39 is 6.10 Å². The number of thiophene rings is 1. The highest BCUT2D eigenvalue weighted by Gasteiger charge is 2.36. The van der Waals surface area contributed by atoms with Crippen molar-refractivity contribution in [3.8, 4) is 0 Å². The monoisotopic (exact) mass is 344 g/mol. The lowest BCUT2D eigenvalue weighted by molar-refractivity contribution is -0.136. The van der Waals surface area contributed by atoms with Crippen LogP contribution in [0.25, 0.3) is 0 Å². The molecule has 4 nitrogen and oxygen atoms in total. The van der Waals surface area contributed by atoms with Crippen LogP contribution in [0, 0.1) is 5.92 Å².